The van der Waals surface area contributed by atoms with Gasteiger partial charge in [0.25, 0.3) is 0 Å². The molecular weight excluding hydrogens is 368 g/mol. The number of thiophene rings is 1. The molecule has 27 heavy (non-hydrogen) atoms. The molecule has 0 saturated heterocycles. The zero-order chi connectivity index (χ0) is 19.6. The highest BCUT2D eigenvalue weighted by Gasteiger charge is 2.21. The summed E-state index contributed by atoms with van der Waals surface area (Å²) in [5.41, 5.74) is 3.02. The van der Waals surface area contributed by atoms with Crippen molar-refractivity contribution >= 4 is 22.9 Å². The zero-order valence-corrected chi connectivity index (χ0v) is 16.3. The highest BCUT2D eigenvalue weighted by atomic mass is 32.1. The lowest BCUT2D eigenvalue weighted by Gasteiger charge is -2.23. The summed E-state index contributed by atoms with van der Waals surface area (Å²) in [7, 11) is 1.87. The molecule has 2 heterocycles. The van der Waals surface area contributed by atoms with E-state index in [-0.39, 0.29) is 24.6 Å². The second kappa shape index (κ2) is 8.00. The molecule has 0 bridgehead atoms. The van der Waals surface area contributed by atoms with Crippen molar-refractivity contribution in [3.8, 4) is 0 Å². The van der Waals surface area contributed by atoms with Crippen LogP contribution in [0.3, 0.4) is 0 Å². The lowest BCUT2D eigenvalue weighted by Crippen LogP contribution is -2.31. The SMILES string of the molecule is Cc1nn(C)c(C)c1CCC(=O)N(Cc1cccs1)c1ccc(F)cc1F. The molecule has 0 unspecified atom stereocenters. The average Bonchev–Trinajstić information content (AvgIpc) is 3.20. The predicted molar refractivity (Wildman–Crippen MR) is 103 cm³/mol. The van der Waals surface area contributed by atoms with E-state index in [2.05, 4.69) is 5.10 Å². The van der Waals surface area contributed by atoms with E-state index in [4.69, 9.17) is 0 Å². The minimum Gasteiger partial charge on any atom is -0.304 e. The summed E-state index contributed by atoms with van der Waals surface area (Å²) < 4.78 is 29.4. The van der Waals surface area contributed by atoms with Gasteiger partial charge in [-0.25, -0.2) is 8.78 Å². The largest absolute Gasteiger partial charge is 0.304 e. The van der Waals surface area contributed by atoms with E-state index in [9.17, 15) is 13.6 Å². The Morgan fingerprint density at radius 1 is 1.26 bits per heavy atom. The number of carbonyl (C=O) groups excluding carboxylic acids is 1. The highest BCUT2D eigenvalue weighted by molar-refractivity contribution is 7.09. The monoisotopic (exact) mass is 389 g/mol. The molecule has 4 nitrogen and oxygen atoms in total. The number of aromatic nitrogens is 2. The molecule has 0 atom stereocenters. The van der Waals surface area contributed by atoms with Crippen molar-refractivity contribution in [1.29, 1.82) is 0 Å². The van der Waals surface area contributed by atoms with Crippen LogP contribution in [0.5, 0.6) is 0 Å². The van der Waals surface area contributed by atoms with Crippen LogP contribution in [0.25, 0.3) is 0 Å². The first-order valence-corrected chi connectivity index (χ1v) is 9.51. The molecule has 1 aromatic carbocycles. The number of amides is 1. The van der Waals surface area contributed by atoms with E-state index in [0.717, 1.165) is 27.9 Å². The number of carbonyl (C=O) groups is 1. The minimum atomic E-state index is -0.742. The lowest BCUT2D eigenvalue weighted by molar-refractivity contribution is -0.118. The number of hydrogen-bond acceptors (Lipinski definition) is 3. The third kappa shape index (κ3) is 4.24. The maximum absolute atomic E-state index is 14.3. The quantitative estimate of drug-likeness (QED) is 0.621. The van der Waals surface area contributed by atoms with Crippen molar-refractivity contribution in [3.63, 3.8) is 0 Å². The number of benzene rings is 1. The Bertz CT molecular complexity index is 951. The third-order valence-corrected chi connectivity index (χ3v) is 5.50. The van der Waals surface area contributed by atoms with Gasteiger partial charge < -0.3 is 4.90 Å². The zero-order valence-electron chi connectivity index (χ0n) is 15.5. The Hall–Kier alpha value is -2.54. The van der Waals surface area contributed by atoms with Crippen LogP contribution in [0, 0.1) is 25.5 Å². The molecule has 0 aliphatic carbocycles. The van der Waals surface area contributed by atoms with E-state index in [1.807, 2.05) is 38.4 Å². The number of anilines is 1. The number of halogens is 2. The first-order valence-electron chi connectivity index (χ1n) is 8.63. The van der Waals surface area contributed by atoms with Gasteiger partial charge in [0.15, 0.2) is 0 Å². The number of hydrogen-bond donors (Lipinski definition) is 0. The van der Waals surface area contributed by atoms with Gasteiger partial charge in [0, 0.05) is 30.1 Å². The summed E-state index contributed by atoms with van der Waals surface area (Å²) in [6, 6.07) is 7.06. The molecule has 142 valence electrons. The molecule has 0 aliphatic rings. The Labute approximate surface area is 161 Å². The molecule has 2 aromatic heterocycles. The van der Waals surface area contributed by atoms with Crippen LogP contribution in [-0.4, -0.2) is 15.7 Å². The molecule has 1 amide bonds. The first kappa shape index (κ1) is 19.2. The molecule has 0 saturated carbocycles. The van der Waals surface area contributed by atoms with Crippen molar-refractivity contribution in [2.75, 3.05) is 4.90 Å². The first-order chi connectivity index (χ1) is 12.9. The molecule has 7 heteroatoms. The van der Waals surface area contributed by atoms with E-state index in [1.54, 1.807) is 4.68 Å². The second-order valence-corrected chi connectivity index (χ2v) is 7.46. The summed E-state index contributed by atoms with van der Waals surface area (Å²) >= 11 is 1.49. The standard InChI is InChI=1S/C20H21F2N3OS/c1-13-17(14(2)24(3)23-13)7-9-20(26)25(12-16-5-4-10-27-16)19-8-6-15(21)11-18(19)22/h4-6,8,10-11H,7,9,12H2,1-3H3. The van der Waals surface area contributed by atoms with E-state index in [1.165, 1.54) is 28.4 Å². The molecule has 0 fully saturated rings. The molecule has 0 aliphatic heterocycles. The van der Waals surface area contributed by atoms with Crippen molar-refractivity contribution < 1.29 is 13.6 Å². The molecular formula is C20H21F2N3OS. The topological polar surface area (TPSA) is 38.1 Å². The van der Waals surface area contributed by atoms with E-state index in [0.29, 0.717) is 6.42 Å². The van der Waals surface area contributed by atoms with Crippen molar-refractivity contribution in [1.82, 2.24) is 9.78 Å². The van der Waals surface area contributed by atoms with Crippen LogP contribution in [-0.2, 0) is 24.8 Å². The fourth-order valence-electron chi connectivity index (χ4n) is 3.11. The van der Waals surface area contributed by atoms with Crippen LogP contribution in [0.1, 0.15) is 28.2 Å². The van der Waals surface area contributed by atoms with Crippen LogP contribution < -0.4 is 4.90 Å². The van der Waals surface area contributed by atoms with Gasteiger partial charge in [-0.05, 0) is 49.4 Å². The highest BCUT2D eigenvalue weighted by Crippen LogP contribution is 2.25. The van der Waals surface area contributed by atoms with Gasteiger partial charge >= 0.3 is 0 Å². The van der Waals surface area contributed by atoms with Gasteiger partial charge in [0.2, 0.25) is 5.91 Å². The van der Waals surface area contributed by atoms with Gasteiger partial charge in [-0.2, -0.15) is 5.10 Å². The van der Waals surface area contributed by atoms with E-state index < -0.39 is 11.6 Å². The van der Waals surface area contributed by atoms with Crippen molar-refractivity contribution in [2.45, 2.75) is 33.2 Å². The summed E-state index contributed by atoms with van der Waals surface area (Å²) in [4.78, 5) is 15.3. The molecule has 0 N–H and O–H groups in total. The van der Waals surface area contributed by atoms with Crippen LogP contribution in [0.15, 0.2) is 35.7 Å². The number of rotatable bonds is 6. The van der Waals surface area contributed by atoms with Gasteiger partial charge in [0.05, 0.1) is 17.9 Å². The van der Waals surface area contributed by atoms with Gasteiger partial charge in [0.1, 0.15) is 11.6 Å². The Kier molecular flexibility index (Phi) is 5.70. The Morgan fingerprint density at radius 2 is 2.04 bits per heavy atom. The number of nitrogens with zero attached hydrogens (tertiary/aromatic N) is 3. The second-order valence-electron chi connectivity index (χ2n) is 6.43. The summed E-state index contributed by atoms with van der Waals surface area (Å²) in [5.74, 6) is -1.62. The summed E-state index contributed by atoms with van der Waals surface area (Å²) in [5, 5.41) is 6.27. The fourth-order valence-corrected chi connectivity index (χ4v) is 3.81. The van der Waals surface area contributed by atoms with E-state index >= 15 is 0 Å². The van der Waals surface area contributed by atoms with Gasteiger partial charge in [-0.3, -0.25) is 9.48 Å². The summed E-state index contributed by atoms with van der Waals surface area (Å²) in [6.07, 6.45) is 0.740. The third-order valence-electron chi connectivity index (χ3n) is 4.64. The normalized spacial score (nSPS) is 11.0. The Morgan fingerprint density at radius 3 is 2.63 bits per heavy atom. The lowest BCUT2D eigenvalue weighted by atomic mass is 10.1. The van der Waals surface area contributed by atoms with Crippen LogP contribution in [0.2, 0.25) is 0 Å². The molecule has 0 spiro atoms. The Balaban J connectivity index is 1.84. The maximum atomic E-state index is 14.3. The average molecular weight is 389 g/mol. The van der Waals surface area contributed by atoms with Crippen LogP contribution in [0.4, 0.5) is 14.5 Å². The maximum Gasteiger partial charge on any atom is 0.227 e. The van der Waals surface area contributed by atoms with Crippen molar-refractivity contribution in [2.24, 2.45) is 7.05 Å². The minimum absolute atomic E-state index is 0.0921. The molecule has 0 radical (unpaired) electrons. The van der Waals surface area contributed by atoms with Gasteiger partial charge in [-0.1, -0.05) is 6.07 Å². The predicted octanol–water partition coefficient (Wildman–Crippen LogP) is 4.54. The van der Waals surface area contributed by atoms with Gasteiger partial charge in [-0.15, -0.1) is 11.3 Å². The smallest absolute Gasteiger partial charge is 0.227 e. The molecule has 3 rings (SSSR count). The molecule has 3 aromatic rings. The van der Waals surface area contributed by atoms with Crippen LogP contribution >= 0.6 is 11.3 Å². The number of aryl methyl sites for hydroxylation is 2. The fraction of sp³-hybridized carbons (Fsp3) is 0.300. The van der Waals surface area contributed by atoms with Crippen molar-refractivity contribution in [3.05, 3.63) is 69.2 Å². The summed E-state index contributed by atoms with van der Waals surface area (Å²) in [6.45, 7) is 4.13.